The topological polar surface area (TPSA) is 46.6 Å². The van der Waals surface area contributed by atoms with E-state index in [-0.39, 0.29) is 17.8 Å². The molecule has 1 aliphatic carbocycles. The van der Waals surface area contributed by atoms with Crippen molar-refractivity contribution in [2.45, 2.75) is 13.5 Å². The second-order valence-electron chi connectivity index (χ2n) is 5.41. The summed E-state index contributed by atoms with van der Waals surface area (Å²) in [5, 5.41) is 0. The molecule has 2 fully saturated rings. The van der Waals surface area contributed by atoms with Gasteiger partial charge in [-0.25, -0.2) is 4.79 Å². The van der Waals surface area contributed by atoms with Crippen LogP contribution in [-0.2, 0) is 16.1 Å². The van der Waals surface area contributed by atoms with Gasteiger partial charge in [0.2, 0.25) is 0 Å². The zero-order chi connectivity index (χ0) is 13.4. The molecule has 0 aromatic heterocycles. The van der Waals surface area contributed by atoms with Crippen LogP contribution in [0.2, 0.25) is 0 Å². The summed E-state index contributed by atoms with van der Waals surface area (Å²) >= 11 is 0. The van der Waals surface area contributed by atoms with Gasteiger partial charge in [-0.05, 0) is 24.3 Å². The molecular formula is C15H17NO3. The quantitative estimate of drug-likeness (QED) is 0.835. The summed E-state index contributed by atoms with van der Waals surface area (Å²) < 4.78 is 5.28. The lowest BCUT2D eigenvalue weighted by atomic mass is 10.2. The van der Waals surface area contributed by atoms with Crippen LogP contribution in [0, 0.1) is 17.8 Å². The van der Waals surface area contributed by atoms with Crippen LogP contribution in [-0.4, -0.2) is 29.9 Å². The molecule has 1 aromatic carbocycles. The Morgan fingerprint density at radius 3 is 2.42 bits per heavy atom. The number of Topliss-reactive ketones (excluding diaryl/α,β-unsaturated/α-hetero) is 1. The molecular weight excluding hydrogens is 242 g/mol. The van der Waals surface area contributed by atoms with E-state index < -0.39 is 0 Å². The maximum absolute atomic E-state index is 11.9. The fraction of sp³-hybridized carbons (Fsp3) is 0.467. The van der Waals surface area contributed by atoms with E-state index in [9.17, 15) is 9.59 Å². The highest BCUT2D eigenvalue weighted by atomic mass is 16.6. The lowest BCUT2D eigenvalue weighted by Crippen LogP contribution is -2.32. The first-order valence-corrected chi connectivity index (χ1v) is 6.63. The van der Waals surface area contributed by atoms with E-state index in [0.717, 1.165) is 5.56 Å². The summed E-state index contributed by atoms with van der Waals surface area (Å²) in [6.45, 7) is 3.29. The molecule has 1 amide bonds. The zero-order valence-corrected chi connectivity index (χ0v) is 10.9. The van der Waals surface area contributed by atoms with Gasteiger partial charge in [-0.15, -0.1) is 0 Å². The highest BCUT2D eigenvalue weighted by molar-refractivity contribution is 5.83. The van der Waals surface area contributed by atoms with Gasteiger partial charge in [0.15, 0.2) is 0 Å². The largest absolute Gasteiger partial charge is 0.445 e. The molecule has 19 heavy (non-hydrogen) atoms. The summed E-state index contributed by atoms with van der Waals surface area (Å²) in [4.78, 5) is 24.9. The molecule has 1 aliphatic heterocycles. The van der Waals surface area contributed by atoms with Crippen LogP contribution in [0.3, 0.4) is 0 Å². The normalized spacial score (nSPS) is 27.8. The Balaban J connectivity index is 1.47. The second kappa shape index (κ2) is 4.68. The number of ether oxygens (including phenoxy) is 1. The molecule has 0 radical (unpaired) electrons. The highest BCUT2D eigenvalue weighted by Crippen LogP contribution is 2.52. The highest BCUT2D eigenvalue weighted by Gasteiger charge is 2.59. The van der Waals surface area contributed by atoms with Crippen molar-refractivity contribution in [1.29, 1.82) is 0 Å². The fourth-order valence-electron chi connectivity index (χ4n) is 3.09. The third-order valence-electron chi connectivity index (χ3n) is 4.13. The molecule has 3 atom stereocenters. The van der Waals surface area contributed by atoms with Crippen LogP contribution in [0.25, 0.3) is 0 Å². The first-order valence-electron chi connectivity index (χ1n) is 6.63. The maximum Gasteiger partial charge on any atom is 0.410 e. The minimum atomic E-state index is -0.265. The number of ketones is 1. The van der Waals surface area contributed by atoms with Gasteiger partial charge in [0, 0.05) is 19.0 Å². The van der Waals surface area contributed by atoms with Crippen LogP contribution >= 0.6 is 0 Å². The smallest absolute Gasteiger partial charge is 0.410 e. The molecule has 1 heterocycles. The number of hydrogen-bond donors (Lipinski definition) is 0. The number of amides is 1. The van der Waals surface area contributed by atoms with E-state index in [1.807, 2.05) is 30.3 Å². The number of fused-ring (bicyclic) bond motifs is 1. The molecule has 0 N–H and O–H groups in total. The van der Waals surface area contributed by atoms with Gasteiger partial charge in [0.25, 0.3) is 0 Å². The van der Waals surface area contributed by atoms with E-state index in [2.05, 4.69) is 0 Å². The van der Waals surface area contributed by atoms with Crippen LogP contribution in [0.5, 0.6) is 0 Å². The van der Waals surface area contributed by atoms with Gasteiger partial charge >= 0.3 is 6.09 Å². The molecule has 3 rings (SSSR count). The van der Waals surface area contributed by atoms with Crippen LogP contribution in [0.15, 0.2) is 30.3 Å². The number of nitrogens with zero attached hydrogens (tertiary/aromatic N) is 1. The van der Waals surface area contributed by atoms with Gasteiger partial charge in [-0.2, -0.15) is 0 Å². The maximum atomic E-state index is 11.9. The van der Waals surface area contributed by atoms with E-state index in [1.165, 1.54) is 0 Å². The first kappa shape index (κ1) is 12.2. The SMILES string of the molecule is CC(=O)[C@H]1[C@@H]2CN(C(=O)OCc3ccccc3)C[C@@H]21. The standard InChI is InChI=1S/C15H17NO3/c1-10(17)14-12-7-16(8-13(12)14)15(18)19-9-11-5-3-2-4-6-11/h2-6,12-14H,7-9H2,1H3/t12-,13+,14+. The van der Waals surface area contributed by atoms with Crippen LogP contribution in [0.4, 0.5) is 4.79 Å². The van der Waals surface area contributed by atoms with E-state index in [4.69, 9.17) is 4.74 Å². The molecule has 2 aliphatic rings. The average Bonchev–Trinajstić information content (AvgIpc) is 2.93. The Bertz CT molecular complexity index is 487. The Hall–Kier alpha value is -1.84. The van der Waals surface area contributed by atoms with Gasteiger partial charge in [0.05, 0.1) is 0 Å². The lowest BCUT2D eigenvalue weighted by Gasteiger charge is -2.18. The summed E-state index contributed by atoms with van der Waals surface area (Å²) in [6, 6.07) is 9.64. The summed E-state index contributed by atoms with van der Waals surface area (Å²) in [5.74, 6) is 1.20. The Kier molecular flexibility index (Phi) is 3.01. The Morgan fingerprint density at radius 2 is 1.84 bits per heavy atom. The lowest BCUT2D eigenvalue weighted by molar-refractivity contribution is -0.119. The summed E-state index contributed by atoms with van der Waals surface area (Å²) in [6.07, 6.45) is -0.265. The van der Waals surface area contributed by atoms with Crippen LogP contribution < -0.4 is 0 Å². The molecule has 0 spiro atoms. The molecule has 1 aromatic rings. The molecule has 1 saturated heterocycles. The number of likely N-dealkylation sites (tertiary alicyclic amines) is 1. The van der Waals surface area contributed by atoms with Gasteiger partial charge in [-0.1, -0.05) is 30.3 Å². The van der Waals surface area contributed by atoms with Gasteiger partial charge < -0.3 is 9.64 Å². The van der Waals surface area contributed by atoms with Crippen molar-refractivity contribution in [1.82, 2.24) is 4.90 Å². The van der Waals surface area contributed by atoms with Crippen molar-refractivity contribution >= 4 is 11.9 Å². The van der Waals surface area contributed by atoms with Crippen molar-refractivity contribution in [3.8, 4) is 0 Å². The average molecular weight is 259 g/mol. The number of carbonyl (C=O) groups excluding carboxylic acids is 2. The molecule has 100 valence electrons. The fourth-order valence-corrected chi connectivity index (χ4v) is 3.09. The minimum Gasteiger partial charge on any atom is -0.445 e. The predicted octanol–water partition coefficient (Wildman–Crippen LogP) is 2.09. The van der Waals surface area contributed by atoms with Crippen LogP contribution in [0.1, 0.15) is 12.5 Å². The number of hydrogen-bond acceptors (Lipinski definition) is 3. The molecule has 0 bridgehead atoms. The van der Waals surface area contributed by atoms with Crippen molar-refractivity contribution in [3.63, 3.8) is 0 Å². The number of rotatable bonds is 3. The molecule has 4 heteroatoms. The first-order chi connectivity index (χ1) is 9.16. The van der Waals surface area contributed by atoms with Crippen molar-refractivity contribution < 1.29 is 14.3 Å². The predicted molar refractivity (Wildman–Crippen MR) is 69.4 cm³/mol. The van der Waals surface area contributed by atoms with Crippen molar-refractivity contribution in [3.05, 3.63) is 35.9 Å². The number of carbonyl (C=O) groups is 2. The monoisotopic (exact) mass is 259 g/mol. The van der Waals surface area contributed by atoms with Gasteiger partial charge in [0.1, 0.15) is 12.4 Å². The van der Waals surface area contributed by atoms with E-state index >= 15 is 0 Å². The minimum absolute atomic E-state index is 0.193. The third kappa shape index (κ3) is 2.35. The van der Waals surface area contributed by atoms with Crippen molar-refractivity contribution in [2.24, 2.45) is 17.8 Å². The Labute approximate surface area is 112 Å². The van der Waals surface area contributed by atoms with E-state index in [0.29, 0.717) is 31.5 Å². The molecule has 0 unspecified atom stereocenters. The second-order valence-corrected chi connectivity index (χ2v) is 5.41. The zero-order valence-electron chi connectivity index (χ0n) is 10.9. The summed E-state index contributed by atoms with van der Waals surface area (Å²) in [7, 11) is 0. The number of piperidine rings is 1. The third-order valence-corrected chi connectivity index (χ3v) is 4.13. The molecule has 4 nitrogen and oxygen atoms in total. The molecule has 1 saturated carbocycles. The Morgan fingerprint density at radius 1 is 1.21 bits per heavy atom. The number of benzene rings is 1. The summed E-state index contributed by atoms with van der Waals surface area (Å²) in [5.41, 5.74) is 0.988. The van der Waals surface area contributed by atoms with Crippen molar-refractivity contribution in [2.75, 3.05) is 13.1 Å². The van der Waals surface area contributed by atoms with E-state index in [1.54, 1.807) is 11.8 Å². The van der Waals surface area contributed by atoms with Gasteiger partial charge in [-0.3, -0.25) is 4.79 Å².